The molecule has 1 saturated heterocycles. The second kappa shape index (κ2) is 9.15. The van der Waals surface area contributed by atoms with E-state index in [1.165, 1.54) is 4.90 Å². The van der Waals surface area contributed by atoms with Crippen LogP contribution in [-0.4, -0.2) is 40.8 Å². The second-order valence-electron chi connectivity index (χ2n) is 8.69. The van der Waals surface area contributed by atoms with Gasteiger partial charge in [0.15, 0.2) is 0 Å². The van der Waals surface area contributed by atoms with Gasteiger partial charge in [-0.15, -0.1) is 0 Å². The Hall–Kier alpha value is -2.15. The molecular weight excluding hydrogens is 461 g/mol. The Labute approximate surface area is 196 Å². The molecule has 166 valence electrons. The van der Waals surface area contributed by atoms with Crippen LogP contribution in [0.4, 0.5) is 15.3 Å². The van der Waals surface area contributed by atoms with Crippen molar-refractivity contribution in [2.45, 2.75) is 38.8 Å². The van der Waals surface area contributed by atoms with Crippen molar-refractivity contribution in [1.82, 2.24) is 10.2 Å². The summed E-state index contributed by atoms with van der Waals surface area (Å²) in [5.74, 6) is -0.262. The Balaban J connectivity index is 1.91. The van der Waals surface area contributed by atoms with Crippen molar-refractivity contribution in [3.63, 3.8) is 0 Å². The lowest BCUT2D eigenvalue weighted by Crippen LogP contribution is -2.45. The molecule has 3 atom stereocenters. The number of hydrogen-bond donors (Lipinski definition) is 3. The standard InChI is InChI=1S/C22H24Cl3N3O3/c1-22(2,3)19-18(12-4-6-13(23)7-5-12)17(11-28(19)21(30)31)27-20(29)26-16-9-14(24)8-15(25)10-16/h4-10,17-19H,11H2,1-3H3,(H,30,31)(H2,26,27,29)/t17-,18-,19?/m1/s1. The maximum Gasteiger partial charge on any atom is 0.407 e. The molecule has 0 aliphatic carbocycles. The summed E-state index contributed by atoms with van der Waals surface area (Å²) in [6.45, 7) is 6.14. The van der Waals surface area contributed by atoms with E-state index >= 15 is 0 Å². The molecule has 0 bridgehead atoms. The van der Waals surface area contributed by atoms with E-state index in [-0.39, 0.29) is 23.9 Å². The summed E-state index contributed by atoms with van der Waals surface area (Å²) in [7, 11) is 0. The molecule has 2 aromatic rings. The monoisotopic (exact) mass is 483 g/mol. The number of anilines is 1. The van der Waals surface area contributed by atoms with Gasteiger partial charge in [0.2, 0.25) is 0 Å². The van der Waals surface area contributed by atoms with Crippen LogP contribution in [0.15, 0.2) is 42.5 Å². The first kappa shape index (κ1) is 23.5. The highest BCUT2D eigenvalue weighted by Gasteiger charge is 2.50. The van der Waals surface area contributed by atoms with Gasteiger partial charge in [-0.25, -0.2) is 9.59 Å². The van der Waals surface area contributed by atoms with Crippen LogP contribution in [0.1, 0.15) is 32.3 Å². The van der Waals surface area contributed by atoms with Crippen molar-refractivity contribution in [3.8, 4) is 0 Å². The minimum atomic E-state index is -1.02. The summed E-state index contributed by atoms with van der Waals surface area (Å²) in [5, 5.41) is 16.9. The lowest BCUT2D eigenvalue weighted by atomic mass is 9.75. The molecular formula is C22H24Cl3N3O3. The van der Waals surface area contributed by atoms with E-state index in [2.05, 4.69) is 10.6 Å². The molecule has 31 heavy (non-hydrogen) atoms. The van der Waals surface area contributed by atoms with Gasteiger partial charge >= 0.3 is 12.1 Å². The predicted molar refractivity (Wildman–Crippen MR) is 125 cm³/mol. The number of carboxylic acid groups (broad SMARTS) is 1. The van der Waals surface area contributed by atoms with Crippen molar-refractivity contribution in [1.29, 1.82) is 0 Å². The Kier molecular flexibility index (Phi) is 6.94. The summed E-state index contributed by atoms with van der Waals surface area (Å²) in [6, 6.07) is 10.8. The number of benzene rings is 2. The summed E-state index contributed by atoms with van der Waals surface area (Å²) in [5.41, 5.74) is 0.985. The van der Waals surface area contributed by atoms with Crippen molar-refractivity contribution < 1.29 is 14.7 Å². The highest BCUT2D eigenvalue weighted by molar-refractivity contribution is 6.35. The van der Waals surface area contributed by atoms with Gasteiger partial charge in [0.25, 0.3) is 0 Å². The van der Waals surface area contributed by atoms with Gasteiger partial charge in [-0.3, -0.25) is 0 Å². The van der Waals surface area contributed by atoms with Crippen LogP contribution in [0.2, 0.25) is 15.1 Å². The maximum absolute atomic E-state index is 12.8. The highest BCUT2D eigenvalue weighted by Crippen LogP contribution is 2.43. The molecule has 1 fully saturated rings. The number of carbonyl (C=O) groups is 2. The Bertz CT molecular complexity index is 956. The topological polar surface area (TPSA) is 81.7 Å². The minimum absolute atomic E-state index is 0.161. The molecule has 2 aromatic carbocycles. The van der Waals surface area contributed by atoms with Crippen LogP contribution < -0.4 is 10.6 Å². The maximum atomic E-state index is 12.8. The first-order chi connectivity index (χ1) is 14.5. The third-order valence-corrected chi connectivity index (χ3v) is 6.02. The number of carbonyl (C=O) groups excluding carboxylic acids is 1. The SMILES string of the molecule is CC(C)(C)C1[C@H](c2ccc(Cl)cc2)[C@H](NC(=O)Nc2cc(Cl)cc(Cl)c2)CN1C(=O)O. The van der Waals surface area contributed by atoms with Crippen molar-refractivity contribution in [3.05, 3.63) is 63.1 Å². The van der Waals surface area contributed by atoms with Gasteiger partial charge in [-0.1, -0.05) is 67.7 Å². The van der Waals surface area contributed by atoms with Crippen LogP contribution in [0, 0.1) is 5.41 Å². The molecule has 0 saturated carbocycles. The highest BCUT2D eigenvalue weighted by atomic mass is 35.5. The average molecular weight is 485 g/mol. The molecule has 1 heterocycles. The molecule has 1 aliphatic heterocycles. The number of rotatable bonds is 3. The third-order valence-electron chi connectivity index (χ3n) is 5.33. The zero-order chi connectivity index (χ0) is 22.9. The van der Waals surface area contributed by atoms with Crippen LogP contribution >= 0.6 is 34.8 Å². The number of hydrogen-bond acceptors (Lipinski definition) is 2. The fourth-order valence-corrected chi connectivity index (χ4v) is 4.90. The Morgan fingerprint density at radius 2 is 1.58 bits per heavy atom. The number of nitrogens with zero attached hydrogens (tertiary/aromatic N) is 1. The number of urea groups is 1. The molecule has 0 aromatic heterocycles. The molecule has 0 radical (unpaired) electrons. The predicted octanol–water partition coefficient (Wildman–Crippen LogP) is 6.33. The molecule has 3 amide bonds. The lowest BCUT2D eigenvalue weighted by Gasteiger charge is -2.37. The summed E-state index contributed by atoms with van der Waals surface area (Å²) in [6.07, 6.45) is -1.02. The van der Waals surface area contributed by atoms with Gasteiger partial charge in [-0.2, -0.15) is 0 Å². The van der Waals surface area contributed by atoms with E-state index in [1.54, 1.807) is 30.3 Å². The summed E-state index contributed by atoms with van der Waals surface area (Å²) >= 11 is 18.1. The summed E-state index contributed by atoms with van der Waals surface area (Å²) < 4.78 is 0. The van der Waals surface area contributed by atoms with Crippen molar-refractivity contribution >= 4 is 52.6 Å². The fourth-order valence-electron chi connectivity index (χ4n) is 4.25. The third kappa shape index (κ3) is 5.56. The van der Waals surface area contributed by atoms with Gasteiger partial charge < -0.3 is 20.6 Å². The smallest absolute Gasteiger partial charge is 0.407 e. The van der Waals surface area contributed by atoms with Crippen LogP contribution in [0.25, 0.3) is 0 Å². The van der Waals surface area contributed by atoms with E-state index in [4.69, 9.17) is 34.8 Å². The normalized spacial score (nSPS) is 21.1. The first-order valence-electron chi connectivity index (χ1n) is 9.74. The van der Waals surface area contributed by atoms with Gasteiger partial charge in [0.05, 0.1) is 6.04 Å². The van der Waals surface area contributed by atoms with Crippen LogP contribution in [0.5, 0.6) is 0 Å². The lowest BCUT2D eigenvalue weighted by molar-refractivity contribution is 0.101. The molecule has 6 nitrogen and oxygen atoms in total. The number of likely N-dealkylation sites (tertiary alicyclic amines) is 1. The van der Waals surface area contributed by atoms with E-state index in [1.807, 2.05) is 32.9 Å². The zero-order valence-electron chi connectivity index (χ0n) is 17.3. The van der Waals surface area contributed by atoms with Crippen LogP contribution in [0.3, 0.4) is 0 Å². The number of amides is 3. The summed E-state index contributed by atoms with van der Waals surface area (Å²) in [4.78, 5) is 26.2. The quantitative estimate of drug-likeness (QED) is 0.476. The van der Waals surface area contributed by atoms with E-state index in [0.717, 1.165) is 5.56 Å². The first-order valence-corrected chi connectivity index (χ1v) is 10.9. The van der Waals surface area contributed by atoms with E-state index in [9.17, 15) is 14.7 Å². The van der Waals surface area contributed by atoms with Crippen LogP contribution in [-0.2, 0) is 0 Å². The number of halogens is 3. The zero-order valence-corrected chi connectivity index (χ0v) is 19.6. The van der Waals surface area contributed by atoms with Crippen molar-refractivity contribution in [2.75, 3.05) is 11.9 Å². The van der Waals surface area contributed by atoms with Gasteiger partial charge in [-0.05, 0) is 41.3 Å². The molecule has 3 rings (SSSR count). The van der Waals surface area contributed by atoms with E-state index in [0.29, 0.717) is 20.8 Å². The Morgan fingerprint density at radius 1 is 1.00 bits per heavy atom. The van der Waals surface area contributed by atoms with E-state index < -0.39 is 18.2 Å². The minimum Gasteiger partial charge on any atom is -0.465 e. The molecule has 0 spiro atoms. The second-order valence-corrected chi connectivity index (χ2v) is 10.00. The molecule has 1 aliphatic rings. The van der Waals surface area contributed by atoms with Gasteiger partial charge in [0.1, 0.15) is 0 Å². The average Bonchev–Trinajstić information content (AvgIpc) is 3.01. The van der Waals surface area contributed by atoms with Gasteiger partial charge in [0, 0.05) is 39.3 Å². The number of nitrogens with one attached hydrogen (secondary N) is 2. The molecule has 9 heteroatoms. The largest absolute Gasteiger partial charge is 0.465 e. The fraction of sp³-hybridized carbons (Fsp3) is 0.364. The van der Waals surface area contributed by atoms with Crippen molar-refractivity contribution in [2.24, 2.45) is 5.41 Å². The molecule has 1 unspecified atom stereocenters. The Morgan fingerprint density at radius 3 is 2.10 bits per heavy atom. The molecule has 3 N–H and O–H groups in total.